The van der Waals surface area contributed by atoms with Gasteiger partial charge in [-0.25, -0.2) is 0 Å². The van der Waals surface area contributed by atoms with Gasteiger partial charge < -0.3 is 10.6 Å². The van der Waals surface area contributed by atoms with E-state index in [0.29, 0.717) is 6.04 Å². The second-order valence-corrected chi connectivity index (χ2v) is 4.57. The number of aromatic nitrogens is 1. The summed E-state index contributed by atoms with van der Waals surface area (Å²) in [6.45, 7) is 2.36. The predicted molar refractivity (Wildman–Crippen MR) is 66.2 cm³/mol. The zero-order valence-corrected chi connectivity index (χ0v) is 9.95. The Morgan fingerprint density at radius 1 is 1.50 bits per heavy atom. The first-order valence-corrected chi connectivity index (χ1v) is 6.18. The lowest BCUT2D eigenvalue weighted by Crippen LogP contribution is -2.32. The van der Waals surface area contributed by atoms with Crippen LogP contribution in [0.3, 0.4) is 0 Å². The van der Waals surface area contributed by atoms with Crippen LogP contribution in [0, 0.1) is 5.92 Å². The smallest absolute Gasteiger partial charge is 0.0321 e. The van der Waals surface area contributed by atoms with E-state index in [0.717, 1.165) is 5.92 Å². The largest absolute Gasteiger partial charge is 0.316 e. The summed E-state index contributed by atoms with van der Waals surface area (Å²) in [5.41, 5.74) is 1.35. The summed E-state index contributed by atoms with van der Waals surface area (Å²) < 4.78 is 0. The molecule has 0 aromatic carbocycles. The molecule has 3 nitrogen and oxygen atoms in total. The fourth-order valence-corrected chi connectivity index (χ4v) is 2.47. The van der Waals surface area contributed by atoms with Gasteiger partial charge in [-0.05, 0) is 63.0 Å². The van der Waals surface area contributed by atoms with Gasteiger partial charge in [-0.15, -0.1) is 0 Å². The summed E-state index contributed by atoms with van der Waals surface area (Å²) >= 11 is 0. The molecule has 1 fully saturated rings. The van der Waals surface area contributed by atoms with Crippen molar-refractivity contribution in [1.82, 2.24) is 15.6 Å². The summed E-state index contributed by atoms with van der Waals surface area (Å²) in [5.74, 6) is 0.805. The first-order valence-electron chi connectivity index (χ1n) is 6.18. The zero-order valence-electron chi connectivity index (χ0n) is 9.95. The molecule has 2 heterocycles. The minimum atomic E-state index is 0.466. The third kappa shape index (κ3) is 3.03. The highest BCUT2D eigenvalue weighted by molar-refractivity contribution is 5.15. The molecule has 0 amide bonds. The van der Waals surface area contributed by atoms with Gasteiger partial charge in [0, 0.05) is 18.4 Å². The van der Waals surface area contributed by atoms with Crippen molar-refractivity contribution in [3.05, 3.63) is 30.1 Å². The van der Waals surface area contributed by atoms with Crippen molar-refractivity contribution >= 4 is 0 Å². The van der Waals surface area contributed by atoms with Gasteiger partial charge >= 0.3 is 0 Å². The molecule has 2 N–H and O–H groups in total. The summed E-state index contributed by atoms with van der Waals surface area (Å²) in [5, 5.41) is 6.89. The molecule has 0 aliphatic carbocycles. The average molecular weight is 219 g/mol. The van der Waals surface area contributed by atoms with Crippen LogP contribution in [0.2, 0.25) is 0 Å². The molecule has 0 radical (unpaired) electrons. The standard InChI is InChI=1S/C13H21N3/c1-14-13(12-4-7-15-8-5-12)9-11-3-2-6-16-10-11/h4-5,7-8,11,13-14,16H,2-3,6,9-10H2,1H3. The van der Waals surface area contributed by atoms with E-state index >= 15 is 0 Å². The number of pyridine rings is 1. The van der Waals surface area contributed by atoms with Gasteiger partial charge in [-0.1, -0.05) is 0 Å². The topological polar surface area (TPSA) is 37.0 Å². The number of piperidine rings is 1. The molecule has 16 heavy (non-hydrogen) atoms. The van der Waals surface area contributed by atoms with Gasteiger partial charge in [0.05, 0.1) is 0 Å². The Balaban J connectivity index is 1.94. The van der Waals surface area contributed by atoms with Gasteiger partial charge in [0.15, 0.2) is 0 Å². The average Bonchev–Trinajstić information content (AvgIpc) is 2.38. The molecule has 1 aliphatic heterocycles. The molecule has 0 spiro atoms. The van der Waals surface area contributed by atoms with Crippen LogP contribution in [0.5, 0.6) is 0 Å². The van der Waals surface area contributed by atoms with Crippen molar-refractivity contribution in [2.45, 2.75) is 25.3 Å². The van der Waals surface area contributed by atoms with Crippen molar-refractivity contribution in [3.63, 3.8) is 0 Å². The molecule has 0 saturated carbocycles. The summed E-state index contributed by atoms with van der Waals surface area (Å²) in [6.07, 6.45) is 7.64. The van der Waals surface area contributed by atoms with Gasteiger partial charge in [0.25, 0.3) is 0 Å². The Kier molecular flexibility index (Phi) is 4.31. The molecule has 3 heteroatoms. The minimum absolute atomic E-state index is 0.466. The van der Waals surface area contributed by atoms with Gasteiger partial charge in [-0.2, -0.15) is 0 Å². The van der Waals surface area contributed by atoms with Crippen molar-refractivity contribution in [3.8, 4) is 0 Å². The Hall–Kier alpha value is -0.930. The Morgan fingerprint density at radius 2 is 2.31 bits per heavy atom. The second-order valence-electron chi connectivity index (χ2n) is 4.57. The quantitative estimate of drug-likeness (QED) is 0.810. The van der Waals surface area contributed by atoms with Crippen molar-refractivity contribution in [2.75, 3.05) is 20.1 Å². The lowest BCUT2D eigenvalue weighted by Gasteiger charge is -2.27. The maximum atomic E-state index is 4.07. The van der Waals surface area contributed by atoms with E-state index in [4.69, 9.17) is 0 Å². The number of rotatable bonds is 4. The van der Waals surface area contributed by atoms with E-state index in [1.807, 2.05) is 19.4 Å². The first-order chi connectivity index (χ1) is 7.90. The highest BCUT2D eigenvalue weighted by Crippen LogP contribution is 2.24. The molecule has 1 aromatic heterocycles. The normalized spacial score (nSPS) is 22.9. The fourth-order valence-electron chi connectivity index (χ4n) is 2.47. The predicted octanol–water partition coefficient (Wildman–Crippen LogP) is 1.73. The summed E-state index contributed by atoms with van der Waals surface area (Å²) in [7, 11) is 2.04. The number of hydrogen-bond donors (Lipinski definition) is 2. The number of nitrogens with one attached hydrogen (secondary N) is 2. The van der Waals surface area contributed by atoms with Crippen LogP contribution in [-0.2, 0) is 0 Å². The van der Waals surface area contributed by atoms with Gasteiger partial charge in [0.2, 0.25) is 0 Å². The number of hydrogen-bond acceptors (Lipinski definition) is 3. The molecule has 1 saturated heterocycles. The van der Waals surface area contributed by atoms with Crippen molar-refractivity contribution < 1.29 is 0 Å². The van der Waals surface area contributed by atoms with E-state index in [2.05, 4.69) is 27.8 Å². The molecule has 1 aliphatic rings. The SMILES string of the molecule is CNC(CC1CCCNC1)c1ccncc1. The van der Waals surface area contributed by atoms with E-state index in [9.17, 15) is 0 Å². The van der Waals surface area contributed by atoms with Gasteiger partial charge in [-0.3, -0.25) is 4.98 Å². The lowest BCUT2D eigenvalue weighted by molar-refractivity contribution is 0.322. The zero-order chi connectivity index (χ0) is 11.2. The highest BCUT2D eigenvalue weighted by atomic mass is 14.9. The summed E-state index contributed by atoms with van der Waals surface area (Å²) in [4.78, 5) is 4.07. The summed E-state index contributed by atoms with van der Waals surface area (Å²) in [6, 6.07) is 4.68. The molecule has 2 atom stereocenters. The van der Waals surface area contributed by atoms with Crippen LogP contribution < -0.4 is 10.6 Å². The van der Waals surface area contributed by atoms with Crippen LogP contribution in [0.25, 0.3) is 0 Å². The van der Waals surface area contributed by atoms with Gasteiger partial charge in [0.1, 0.15) is 0 Å². The Labute approximate surface area is 97.7 Å². The monoisotopic (exact) mass is 219 g/mol. The molecule has 88 valence electrons. The minimum Gasteiger partial charge on any atom is -0.316 e. The van der Waals surface area contributed by atoms with Crippen LogP contribution >= 0.6 is 0 Å². The highest BCUT2D eigenvalue weighted by Gasteiger charge is 2.18. The maximum Gasteiger partial charge on any atom is 0.0321 e. The third-order valence-corrected chi connectivity index (χ3v) is 3.42. The van der Waals surface area contributed by atoms with Crippen molar-refractivity contribution in [2.24, 2.45) is 5.92 Å². The van der Waals surface area contributed by atoms with E-state index in [1.165, 1.54) is 37.9 Å². The molecule has 2 rings (SSSR count). The van der Waals surface area contributed by atoms with Crippen LogP contribution in [0.15, 0.2) is 24.5 Å². The molecular weight excluding hydrogens is 198 g/mol. The Morgan fingerprint density at radius 3 is 2.94 bits per heavy atom. The molecule has 0 bridgehead atoms. The van der Waals surface area contributed by atoms with E-state index in [1.54, 1.807) is 0 Å². The lowest BCUT2D eigenvalue weighted by atomic mass is 9.90. The first kappa shape index (κ1) is 11.6. The molecule has 1 aromatic rings. The molecule has 2 unspecified atom stereocenters. The van der Waals surface area contributed by atoms with E-state index < -0.39 is 0 Å². The second kappa shape index (κ2) is 5.97. The van der Waals surface area contributed by atoms with Crippen molar-refractivity contribution in [1.29, 1.82) is 0 Å². The third-order valence-electron chi connectivity index (χ3n) is 3.42. The van der Waals surface area contributed by atoms with Crippen LogP contribution in [-0.4, -0.2) is 25.1 Å². The Bertz CT molecular complexity index is 293. The van der Waals surface area contributed by atoms with Crippen LogP contribution in [0.1, 0.15) is 30.9 Å². The fraction of sp³-hybridized carbons (Fsp3) is 0.615. The van der Waals surface area contributed by atoms with E-state index in [-0.39, 0.29) is 0 Å². The molecular formula is C13H21N3. The number of nitrogens with zero attached hydrogens (tertiary/aromatic N) is 1. The maximum absolute atomic E-state index is 4.07. The van der Waals surface area contributed by atoms with Crippen LogP contribution in [0.4, 0.5) is 0 Å².